The van der Waals surface area contributed by atoms with Gasteiger partial charge in [0.15, 0.2) is 0 Å². The van der Waals surface area contributed by atoms with Crippen LogP contribution in [-0.4, -0.2) is 24.6 Å². The number of carbonyl (C=O) groups excluding carboxylic acids is 2. The lowest BCUT2D eigenvalue weighted by Crippen LogP contribution is -2.37. The van der Waals surface area contributed by atoms with Gasteiger partial charge in [0, 0.05) is 17.1 Å². The fourth-order valence-corrected chi connectivity index (χ4v) is 1.52. The molecule has 1 rings (SSSR count). The van der Waals surface area contributed by atoms with Gasteiger partial charge in [-0.3, -0.25) is 9.59 Å². The van der Waals surface area contributed by atoms with Gasteiger partial charge in [0.2, 0.25) is 0 Å². The van der Waals surface area contributed by atoms with Crippen LogP contribution in [0.15, 0.2) is 23.3 Å². The Morgan fingerprint density at radius 2 is 2.06 bits per heavy atom. The maximum absolute atomic E-state index is 11.2. The number of benzene rings is 1. The molecule has 0 aliphatic rings. The molecule has 0 bridgehead atoms. The van der Waals surface area contributed by atoms with E-state index in [9.17, 15) is 9.59 Å². The first-order valence-electron chi connectivity index (χ1n) is 5.11. The Balaban J connectivity index is 2.60. The minimum atomic E-state index is -0.835. The van der Waals surface area contributed by atoms with E-state index in [1.807, 2.05) is 0 Å². The zero-order chi connectivity index (χ0) is 13.5. The molecule has 2 amide bonds. The molecule has 0 unspecified atom stereocenters. The topological polar surface area (TPSA) is 70.6 Å². The largest absolute Gasteiger partial charge is 0.348 e. The van der Waals surface area contributed by atoms with Gasteiger partial charge in [-0.2, -0.15) is 5.10 Å². The van der Waals surface area contributed by atoms with E-state index in [2.05, 4.69) is 15.8 Å². The predicted octanol–water partition coefficient (Wildman–Crippen LogP) is 1.58. The van der Waals surface area contributed by atoms with Crippen LogP contribution < -0.4 is 10.7 Å². The molecule has 2 N–H and O–H groups in total. The molecule has 0 heterocycles. The summed E-state index contributed by atoms with van der Waals surface area (Å²) in [4.78, 5) is 22.2. The van der Waals surface area contributed by atoms with Crippen molar-refractivity contribution in [3.8, 4) is 0 Å². The van der Waals surface area contributed by atoms with Crippen LogP contribution in [0.5, 0.6) is 0 Å². The van der Waals surface area contributed by atoms with Crippen molar-refractivity contribution in [2.75, 3.05) is 6.54 Å². The number of rotatable bonds is 3. The summed E-state index contributed by atoms with van der Waals surface area (Å²) in [6, 6.07) is 4.84. The molecule has 0 atom stereocenters. The Kier molecular flexibility index (Phi) is 5.61. The Morgan fingerprint density at radius 3 is 2.67 bits per heavy atom. The summed E-state index contributed by atoms with van der Waals surface area (Å²) in [6.07, 6.45) is 1.33. The van der Waals surface area contributed by atoms with Crippen molar-refractivity contribution in [3.05, 3.63) is 33.8 Å². The maximum atomic E-state index is 11.2. The number of likely N-dealkylation sites (N-methyl/N-ethyl adjacent to an activating group) is 1. The third kappa shape index (κ3) is 4.35. The fourth-order valence-electron chi connectivity index (χ4n) is 1.06. The molecule has 96 valence electrons. The van der Waals surface area contributed by atoms with Crippen molar-refractivity contribution < 1.29 is 9.59 Å². The quantitative estimate of drug-likeness (QED) is 0.503. The highest BCUT2D eigenvalue weighted by molar-refractivity contribution is 6.36. The Labute approximate surface area is 114 Å². The molecule has 0 radical (unpaired) electrons. The summed E-state index contributed by atoms with van der Waals surface area (Å²) in [5.41, 5.74) is 2.67. The van der Waals surface area contributed by atoms with E-state index in [0.717, 1.165) is 0 Å². The van der Waals surface area contributed by atoms with Crippen LogP contribution in [0.25, 0.3) is 0 Å². The van der Waals surface area contributed by atoms with Crippen LogP contribution in [0.3, 0.4) is 0 Å². The molecule has 1 aromatic carbocycles. The van der Waals surface area contributed by atoms with E-state index in [-0.39, 0.29) is 0 Å². The van der Waals surface area contributed by atoms with Crippen molar-refractivity contribution in [1.82, 2.24) is 10.7 Å². The second-order valence-electron chi connectivity index (χ2n) is 3.22. The zero-order valence-electron chi connectivity index (χ0n) is 9.54. The second-order valence-corrected chi connectivity index (χ2v) is 4.07. The van der Waals surface area contributed by atoms with Gasteiger partial charge < -0.3 is 5.32 Å². The Hall–Kier alpha value is -1.59. The summed E-state index contributed by atoms with van der Waals surface area (Å²) in [6.45, 7) is 2.08. The van der Waals surface area contributed by atoms with Crippen LogP contribution in [0.2, 0.25) is 10.0 Å². The first kappa shape index (κ1) is 14.5. The maximum Gasteiger partial charge on any atom is 0.329 e. The molecule has 0 fully saturated rings. The third-order valence-electron chi connectivity index (χ3n) is 1.88. The number of hydrogen-bond donors (Lipinski definition) is 2. The van der Waals surface area contributed by atoms with Crippen LogP contribution in [-0.2, 0) is 9.59 Å². The normalized spacial score (nSPS) is 10.4. The highest BCUT2D eigenvalue weighted by Gasteiger charge is 2.10. The predicted molar refractivity (Wildman–Crippen MR) is 70.9 cm³/mol. The van der Waals surface area contributed by atoms with Gasteiger partial charge >= 0.3 is 11.8 Å². The molecular weight excluding hydrogens is 277 g/mol. The summed E-state index contributed by atoms with van der Waals surface area (Å²) < 4.78 is 0. The number of hydrogen-bond acceptors (Lipinski definition) is 3. The van der Waals surface area contributed by atoms with Crippen molar-refractivity contribution >= 4 is 41.2 Å². The van der Waals surface area contributed by atoms with E-state index in [4.69, 9.17) is 23.2 Å². The molecule has 5 nitrogen and oxygen atoms in total. The fraction of sp³-hybridized carbons (Fsp3) is 0.182. The van der Waals surface area contributed by atoms with Crippen LogP contribution >= 0.6 is 23.2 Å². The van der Waals surface area contributed by atoms with Crippen LogP contribution in [0, 0.1) is 0 Å². The standard InChI is InChI=1S/C11H11Cl2N3O2/c1-2-14-10(17)11(18)16-15-6-7-3-4-8(12)5-9(7)13/h3-6H,2H2,1H3,(H,14,17)(H,16,18). The van der Waals surface area contributed by atoms with Gasteiger partial charge in [0.05, 0.1) is 11.2 Å². The first-order chi connectivity index (χ1) is 8.54. The Bertz CT molecular complexity index is 489. The number of halogens is 2. The van der Waals surface area contributed by atoms with Crippen molar-refractivity contribution in [2.45, 2.75) is 6.92 Å². The lowest BCUT2D eigenvalue weighted by atomic mass is 10.2. The summed E-state index contributed by atoms with van der Waals surface area (Å²) >= 11 is 11.6. The van der Waals surface area contributed by atoms with Gasteiger partial charge in [-0.15, -0.1) is 0 Å². The van der Waals surface area contributed by atoms with Crippen molar-refractivity contribution in [2.24, 2.45) is 5.10 Å². The second kappa shape index (κ2) is 6.98. The lowest BCUT2D eigenvalue weighted by Gasteiger charge is -2.00. The summed E-state index contributed by atoms with van der Waals surface area (Å²) in [5.74, 6) is -1.57. The van der Waals surface area contributed by atoms with Crippen LogP contribution in [0.1, 0.15) is 12.5 Å². The zero-order valence-corrected chi connectivity index (χ0v) is 11.0. The van der Waals surface area contributed by atoms with Crippen molar-refractivity contribution in [1.29, 1.82) is 0 Å². The molecule has 0 spiro atoms. The lowest BCUT2D eigenvalue weighted by molar-refractivity contribution is -0.139. The molecular formula is C11H11Cl2N3O2. The number of carbonyl (C=O) groups is 2. The SMILES string of the molecule is CCNC(=O)C(=O)NN=Cc1ccc(Cl)cc1Cl. The highest BCUT2D eigenvalue weighted by Crippen LogP contribution is 2.19. The number of nitrogens with one attached hydrogen (secondary N) is 2. The average Bonchev–Trinajstić information content (AvgIpc) is 2.32. The van der Waals surface area contributed by atoms with Gasteiger partial charge in [0.25, 0.3) is 0 Å². The molecule has 0 saturated heterocycles. The first-order valence-corrected chi connectivity index (χ1v) is 5.86. The third-order valence-corrected chi connectivity index (χ3v) is 2.44. The minimum Gasteiger partial charge on any atom is -0.348 e. The average molecular weight is 288 g/mol. The van der Waals surface area contributed by atoms with Gasteiger partial charge in [-0.1, -0.05) is 29.3 Å². The minimum absolute atomic E-state index is 0.374. The number of nitrogens with zero attached hydrogens (tertiary/aromatic N) is 1. The molecule has 18 heavy (non-hydrogen) atoms. The monoisotopic (exact) mass is 287 g/mol. The molecule has 0 aliphatic heterocycles. The van der Waals surface area contributed by atoms with E-state index in [1.165, 1.54) is 6.21 Å². The summed E-state index contributed by atoms with van der Waals surface area (Å²) in [5, 5.41) is 6.87. The van der Waals surface area contributed by atoms with Gasteiger partial charge in [-0.25, -0.2) is 5.43 Å². The molecule has 0 aromatic heterocycles. The molecule has 7 heteroatoms. The van der Waals surface area contributed by atoms with Gasteiger partial charge in [0.1, 0.15) is 0 Å². The van der Waals surface area contributed by atoms with E-state index >= 15 is 0 Å². The molecule has 0 saturated carbocycles. The van der Waals surface area contributed by atoms with Gasteiger partial charge in [-0.05, 0) is 19.1 Å². The van der Waals surface area contributed by atoms with E-state index in [0.29, 0.717) is 22.2 Å². The van der Waals surface area contributed by atoms with Crippen molar-refractivity contribution in [3.63, 3.8) is 0 Å². The van der Waals surface area contributed by atoms with Crippen LogP contribution in [0.4, 0.5) is 0 Å². The number of amides is 2. The summed E-state index contributed by atoms with van der Waals surface area (Å²) in [7, 11) is 0. The van der Waals surface area contributed by atoms with E-state index < -0.39 is 11.8 Å². The smallest absolute Gasteiger partial charge is 0.329 e. The number of hydrazone groups is 1. The molecule has 1 aromatic rings. The molecule has 0 aliphatic carbocycles. The van der Waals surface area contributed by atoms with E-state index in [1.54, 1.807) is 25.1 Å². The highest BCUT2D eigenvalue weighted by atomic mass is 35.5. The Morgan fingerprint density at radius 1 is 1.33 bits per heavy atom.